The molecule has 0 saturated carbocycles. The Bertz CT molecular complexity index is 696. The van der Waals surface area contributed by atoms with Crippen LogP contribution in [-0.2, 0) is 17.2 Å². The Morgan fingerprint density at radius 3 is 2.14 bits per heavy atom. The summed E-state index contributed by atoms with van der Waals surface area (Å²) >= 11 is 5.73. The van der Waals surface area contributed by atoms with Gasteiger partial charge in [0.05, 0.1) is 5.69 Å². The number of thiazole rings is 1. The molecule has 0 radical (unpaired) electrons. The van der Waals surface area contributed by atoms with Gasteiger partial charge in [-0.25, -0.2) is 18.0 Å². The minimum Gasteiger partial charge on any atom is -0.741 e. The zero-order valence-corrected chi connectivity index (χ0v) is 12.9. The first kappa shape index (κ1) is 17.9. The highest BCUT2D eigenvalue weighted by atomic mass is 32.2. The molecule has 0 aliphatic rings. The molecule has 21 heavy (non-hydrogen) atoms. The molecule has 0 amide bonds. The quantitative estimate of drug-likeness (QED) is 0.366. The van der Waals surface area contributed by atoms with Crippen LogP contribution in [0.1, 0.15) is 0 Å². The topological polar surface area (TPSA) is 74.0 Å². The van der Waals surface area contributed by atoms with Gasteiger partial charge in [0.25, 0.3) is 0 Å². The van der Waals surface area contributed by atoms with Crippen molar-refractivity contribution < 1.29 is 30.7 Å². The summed E-state index contributed by atoms with van der Waals surface area (Å²) in [6.45, 7) is 0. The van der Waals surface area contributed by atoms with Crippen LogP contribution >= 0.6 is 24.0 Å². The molecule has 0 aromatic carbocycles. The van der Waals surface area contributed by atoms with E-state index in [1.807, 2.05) is 41.5 Å². The van der Waals surface area contributed by atoms with E-state index in [0.717, 1.165) is 15.6 Å². The second-order valence-electron chi connectivity index (χ2n) is 3.67. The number of halogens is 3. The number of alkyl halides is 3. The van der Waals surface area contributed by atoms with Crippen molar-refractivity contribution in [3.63, 3.8) is 0 Å². The molecule has 0 bridgehead atoms. The maximum atomic E-state index is 10.7. The van der Waals surface area contributed by atoms with Gasteiger partial charge in [0.1, 0.15) is 11.4 Å². The van der Waals surface area contributed by atoms with Gasteiger partial charge >= 0.3 is 5.51 Å². The van der Waals surface area contributed by atoms with Crippen LogP contribution in [0, 0.1) is 0 Å². The molecule has 0 N–H and O–H groups in total. The van der Waals surface area contributed by atoms with Crippen molar-refractivity contribution in [2.24, 2.45) is 7.05 Å². The van der Waals surface area contributed by atoms with Crippen molar-refractivity contribution in [2.75, 3.05) is 0 Å². The summed E-state index contributed by atoms with van der Waals surface area (Å²) in [6, 6.07) is 4.09. The summed E-state index contributed by atoms with van der Waals surface area (Å²) in [4.78, 5) is 4.28. The molecule has 2 heterocycles. The van der Waals surface area contributed by atoms with E-state index < -0.39 is 15.6 Å². The Kier molecular flexibility index (Phi) is 5.73. The molecule has 0 spiro atoms. The molecule has 0 fully saturated rings. The first-order valence-electron chi connectivity index (χ1n) is 5.13. The summed E-state index contributed by atoms with van der Waals surface area (Å²) < 4.78 is 61.7. The van der Waals surface area contributed by atoms with E-state index >= 15 is 0 Å². The summed E-state index contributed by atoms with van der Waals surface area (Å²) in [5.41, 5.74) is -3.52. The summed E-state index contributed by atoms with van der Waals surface area (Å²) in [5.74, 6) is 0. The lowest BCUT2D eigenvalue weighted by Crippen LogP contribution is -2.25. The van der Waals surface area contributed by atoms with Crippen molar-refractivity contribution >= 4 is 34.1 Å². The molecule has 2 aromatic heterocycles. The molecule has 0 aliphatic carbocycles. The van der Waals surface area contributed by atoms with Gasteiger partial charge in [-0.1, -0.05) is 0 Å². The van der Waals surface area contributed by atoms with Crippen molar-refractivity contribution in [1.29, 1.82) is 0 Å². The monoisotopic (exact) mass is 358 g/mol. The largest absolute Gasteiger partial charge is 0.741 e. The molecule has 2 aromatic rings. The molecule has 0 saturated heterocycles. The third kappa shape index (κ3) is 5.61. The predicted molar refractivity (Wildman–Crippen MR) is 71.7 cm³/mol. The van der Waals surface area contributed by atoms with Crippen LogP contribution in [-0.4, -0.2) is 23.5 Å². The molecular formula is C10H9F3N2O3S3. The van der Waals surface area contributed by atoms with Gasteiger partial charge in [-0.15, -0.1) is 24.0 Å². The summed E-state index contributed by atoms with van der Waals surface area (Å²) in [5, 5.41) is 2.01. The lowest BCUT2D eigenvalue weighted by molar-refractivity contribution is -0.671. The van der Waals surface area contributed by atoms with Gasteiger partial charge in [-0.3, -0.25) is 0 Å². The van der Waals surface area contributed by atoms with Crippen LogP contribution < -0.4 is 4.57 Å². The highest BCUT2D eigenvalue weighted by Gasteiger charge is 2.36. The van der Waals surface area contributed by atoms with E-state index in [0.29, 0.717) is 0 Å². The van der Waals surface area contributed by atoms with E-state index in [-0.39, 0.29) is 0 Å². The average Bonchev–Trinajstić information content (AvgIpc) is 2.75. The minimum atomic E-state index is -6.09. The van der Waals surface area contributed by atoms with E-state index in [9.17, 15) is 13.2 Å². The number of hydrogen-bond donors (Lipinski definition) is 1. The zero-order valence-electron chi connectivity index (χ0n) is 10.4. The number of aromatic nitrogens is 2. The second-order valence-corrected chi connectivity index (χ2v) is 6.62. The van der Waals surface area contributed by atoms with Gasteiger partial charge in [0.15, 0.2) is 22.5 Å². The first-order valence-corrected chi connectivity index (χ1v) is 7.86. The molecule has 5 nitrogen and oxygen atoms in total. The fourth-order valence-corrected chi connectivity index (χ4v) is 1.89. The Morgan fingerprint density at radius 2 is 1.81 bits per heavy atom. The number of hydrogen-bond acceptors (Lipinski definition) is 6. The maximum absolute atomic E-state index is 10.7. The van der Waals surface area contributed by atoms with Gasteiger partial charge in [-0.05, 0) is 0 Å². The zero-order chi connectivity index (χ0) is 16.3. The van der Waals surface area contributed by atoms with Gasteiger partial charge in [0.2, 0.25) is 0 Å². The molecule has 0 unspecified atom stereocenters. The van der Waals surface area contributed by atoms with E-state index in [2.05, 4.69) is 17.6 Å². The van der Waals surface area contributed by atoms with Crippen LogP contribution in [0.5, 0.6) is 0 Å². The summed E-state index contributed by atoms with van der Waals surface area (Å²) in [6.07, 6.45) is 4.01. The summed E-state index contributed by atoms with van der Waals surface area (Å²) in [7, 11) is -4.10. The fraction of sp³-hybridized carbons (Fsp3) is 0.200. The van der Waals surface area contributed by atoms with Crippen LogP contribution in [0.3, 0.4) is 0 Å². The average molecular weight is 358 g/mol. The highest BCUT2D eigenvalue weighted by molar-refractivity contribution is 7.86. The Morgan fingerprint density at radius 1 is 1.33 bits per heavy atom. The number of rotatable bonds is 1. The van der Waals surface area contributed by atoms with Gasteiger partial charge in [0, 0.05) is 23.1 Å². The molecular weight excluding hydrogens is 349 g/mol. The van der Waals surface area contributed by atoms with Crippen LogP contribution in [0.4, 0.5) is 13.2 Å². The van der Waals surface area contributed by atoms with Gasteiger partial charge in [-0.2, -0.15) is 13.2 Å². The Labute approximate surface area is 128 Å². The maximum Gasteiger partial charge on any atom is 0.485 e. The Balaban J connectivity index is 0.000000240. The van der Waals surface area contributed by atoms with E-state index in [4.69, 9.17) is 13.0 Å². The van der Waals surface area contributed by atoms with Crippen LogP contribution in [0.25, 0.3) is 11.3 Å². The fourth-order valence-electron chi connectivity index (χ4n) is 1.07. The van der Waals surface area contributed by atoms with Crippen LogP contribution in [0.15, 0.2) is 34.2 Å². The van der Waals surface area contributed by atoms with Crippen molar-refractivity contribution in [3.05, 3.63) is 29.9 Å². The van der Waals surface area contributed by atoms with E-state index in [1.165, 1.54) is 0 Å². The van der Waals surface area contributed by atoms with Crippen LogP contribution in [0.2, 0.25) is 0 Å². The highest BCUT2D eigenvalue weighted by Crippen LogP contribution is 2.22. The number of aryl methyl sites for hydroxylation is 1. The first-order chi connectivity index (χ1) is 9.50. The van der Waals surface area contributed by atoms with E-state index in [1.54, 1.807) is 11.3 Å². The van der Waals surface area contributed by atoms with Gasteiger partial charge < -0.3 is 4.55 Å². The van der Waals surface area contributed by atoms with Crippen molar-refractivity contribution in [1.82, 2.24) is 4.98 Å². The third-order valence-corrected chi connectivity index (χ3v) is 3.68. The number of nitrogens with zero attached hydrogens (tertiary/aromatic N) is 2. The number of pyridine rings is 1. The predicted octanol–water partition coefficient (Wildman–Crippen LogP) is 1.97. The standard InChI is InChI=1S/C9H8N2S2.CHF3O3S/c1-11-4-2-7(3-5-11)8-6-13-9(12)10-8;2-1(3,4)8(5,6)7/h2-6H,1H3;(H,5,6,7). The molecule has 0 atom stereocenters. The molecule has 116 valence electrons. The third-order valence-electron chi connectivity index (χ3n) is 2.05. The molecule has 11 heteroatoms. The molecule has 2 rings (SSSR count). The lowest BCUT2D eigenvalue weighted by atomic mass is 10.2. The SMILES string of the molecule is C[n+]1ccc(-c2csc(S)n2)cc1.O=S(=O)([O-])C(F)(F)F. The lowest BCUT2D eigenvalue weighted by Gasteiger charge is -2.08. The molecule has 0 aliphatic heterocycles. The minimum absolute atomic E-state index is 0.809. The second kappa shape index (κ2) is 6.73. The Hall–Kier alpha value is -1.17. The van der Waals surface area contributed by atoms with Crippen molar-refractivity contribution in [3.8, 4) is 11.3 Å². The number of thiol groups is 1. The normalized spacial score (nSPS) is 11.7. The smallest absolute Gasteiger partial charge is 0.485 e. The van der Waals surface area contributed by atoms with Crippen molar-refractivity contribution in [2.45, 2.75) is 9.85 Å².